The molecule has 0 bridgehead atoms. The molecular formula is C15H14N2O2S. The van der Waals surface area contributed by atoms with E-state index < -0.39 is 4.92 Å². The predicted octanol–water partition coefficient (Wildman–Crippen LogP) is 3.37. The van der Waals surface area contributed by atoms with Crippen LogP contribution in [0.4, 0.5) is 5.69 Å². The second-order valence-electron chi connectivity index (χ2n) is 4.42. The lowest BCUT2D eigenvalue weighted by molar-refractivity contribution is -0.384. The number of aryl methyl sites for hydroxylation is 1. The molecule has 0 saturated heterocycles. The van der Waals surface area contributed by atoms with Crippen molar-refractivity contribution in [2.45, 2.75) is 13.5 Å². The van der Waals surface area contributed by atoms with Gasteiger partial charge in [-0.3, -0.25) is 10.1 Å². The Morgan fingerprint density at radius 1 is 1.25 bits per heavy atom. The van der Waals surface area contributed by atoms with Gasteiger partial charge in [0.2, 0.25) is 0 Å². The van der Waals surface area contributed by atoms with Gasteiger partial charge in [0.1, 0.15) is 4.99 Å². The Labute approximate surface area is 122 Å². The largest absolute Gasteiger partial charge is 0.372 e. The molecule has 0 heterocycles. The SMILES string of the molecule is Cc1ccccc1CNC(=S)c1cccc([N+](=O)[O-])c1. The summed E-state index contributed by atoms with van der Waals surface area (Å²) in [5.41, 5.74) is 3.03. The van der Waals surface area contributed by atoms with Gasteiger partial charge in [-0.15, -0.1) is 0 Å². The van der Waals surface area contributed by atoms with E-state index in [0.29, 0.717) is 17.1 Å². The highest BCUT2D eigenvalue weighted by molar-refractivity contribution is 7.80. The fourth-order valence-electron chi connectivity index (χ4n) is 1.85. The molecule has 0 spiro atoms. The summed E-state index contributed by atoms with van der Waals surface area (Å²) in [6.45, 7) is 2.64. The highest BCUT2D eigenvalue weighted by Gasteiger charge is 2.08. The first kappa shape index (κ1) is 14.1. The van der Waals surface area contributed by atoms with Crippen molar-refractivity contribution in [1.82, 2.24) is 5.32 Å². The molecule has 0 radical (unpaired) electrons. The number of nitro groups is 1. The first-order chi connectivity index (χ1) is 9.58. The first-order valence-electron chi connectivity index (χ1n) is 6.15. The zero-order valence-electron chi connectivity index (χ0n) is 11.0. The zero-order valence-corrected chi connectivity index (χ0v) is 11.8. The average Bonchev–Trinajstić information content (AvgIpc) is 2.46. The van der Waals surface area contributed by atoms with Crippen LogP contribution in [0.5, 0.6) is 0 Å². The minimum absolute atomic E-state index is 0.0440. The number of benzene rings is 2. The molecule has 2 rings (SSSR count). The number of thiocarbonyl (C=S) groups is 1. The molecule has 4 nitrogen and oxygen atoms in total. The molecule has 0 saturated carbocycles. The maximum atomic E-state index is 10.7. The van der Waals surface area contributed by atoms with E-state index in [-0.39, 0.29) is 5.69 Å². The van der Waals surface area contributed by atoms with Crippen molar-refractivity contribution >= 4 is 22.9 Å². The third kappa shape index (κ3) is 3.39. The smallest absolute Gasteiger partial charge is 0.270 e. The fraction of sp³-hybridized carbons (Fsp3) is 0.133. The van der Waals surface area contributed by atoms with E-state index in [1.807, 2.05) is 31.2 Å². The van der Waals surface area contributed by atoms with Crippen LogP contribution in [0.25, 0.3) is 0 Å². The second-order valence-corrected chi connectivity index (χ2v) is 4.82. The Morgan fingerprint density at radius 3 is 2.70 bits per heavy atom. The Kier molecular flexibility index (Phi) is 4.42. The lowest BCUT2D eigenvalue weighted by atomic mass is 10.1. The van der Waals surface area contributed by atoms with Gasteiger partial charge in [-0.05, 0) is 18.1 Å². The molecule has 0 amide bonds. The third-order valence-corrected chi connectivity index (χ3v) is 3.40. The van der Waals surface area contributed by atoms with Gasteiger partial charge in [-0.25, -0.2) is 0 Å². The highest BCUT2D eigenvalue weighted by Crippen LogP contribution is 2.14. The van der Waals surface area contributed by atoms with Crippen LogP contribution in [0.2, 0.25) is 0 Å². The molecule has 20 heavy (non-hydrogen) atoms. The number of nitrogens with one attached hydrogen (secondary N) is 1. The van der Waals surface area contributed by atoms with Crippen molar-refractivity contribution in [3.8, 4) is 0 Å². The first-order valence-corrected chi connectivity index (χ1v) is 6.56. The van der Waals surface area contributed by atoms with Gasteiger partial charge in [0.15, 0.2) is 0 Å². The molecule has 0 aromatic heterocycles. The van der Waals surface area contributed by atoms with Gasteiger partial charge >= 0.3 is 0 Å². The molecule has 0 aliphatic heterocycles. The Balaban J connectivity index is 2.07. The summed E-state index contributed by atoms with van der Waals surface area (Å²) < 4.78 is 0. The van der Waals surface area contributed by atoms with E-state index in [1.165, 1.54) is 17.7 Å². The predicted molar refractivity (Wildman–Crippen MR) is 82.8 cm³/mol. The summed E-state index contributed by atoms with van der Waals surface area (Å²) >= 11 is 5.28. The summed E-state index contributed by atoms with van der Waals surface area (Å²) in [7, 11) is 0. The molecule has 0 aliphatic carbocycles. The topological polar surface area (TPSA) is 55.2 Å². The quantitative estimate of drug-likeness (QED) is 0.532. The van der Waals surface area contributed by atoms with Crippen LogP contribution in [0, 0.1) is 17.0 Å². The van der Waals surface area contributed by atoms with Crippen LogP contribution in [-0.4, -0.2) is 9.91 Å². The van der Waals surface area contributed by atoms with E-state index >= 15 is 0 Å². The molecule has 0 aliphatic rings. The van der Waals surface area contributed by atoms with Gasteiger partial charge in [0.25, 0.3) is 5.69 Å². The van der Waals surface area contributed by atoms with Gasteiger partial charge in [-0.2, -0.15) is 0 Å². The number of nitro benzene ring substituents is 1. The van der Waals surface area contributed by atoms with Crippen LogP contribution in [0.3, 0.4) is 0 Å². The van der Waals surface area contributed by atoms with Crippen molar-refractivity contribution in [3.63, 3.8) is 0 Å². The molecule has 1 N–H and O–H groups in total. The number of non-ortho nitro benzene ring substituents is 1. The highest BCUT2D eigenvalue weighted by atomic mass is 32.1. The maximum absolute atomic E-state index is 10.7. The van der Waals surface area contributed by atoms with Crippen molar-refractivity contribution < 1.29 is 4.92 Å². The standard InChI is InChI=1S/C15H14N2O2S/c1-11-5-2-3-6-13(11)10-16-15(20)12-7-4-8-14(9-12)17(18)19/h2-9H,10H2,1H3,(H,16,20). The van der Waals surface area contributed by atoms with Gasteiger partial charge in [-0.1, -0.05) is 48.6 Å². The summed E-state index contributed by atoms with van der Waals surface area (Å²) in [5.74, 6) is 0. The molecule has 2 aromatic rings. The normalized spacial score (nSPS) is 10.1. The Morgan fingerprint density at radius 2 is 2.00 bits per heavy atom. The number of rotatable bonds is 4. The molecule has 2 aromatic carbocycles. The van der Waals surface area contributed by atoms with Crippen molar-refractivity contribution in [2.75, 3.05) is 0 Å². The third-order valence-electron chi connectivity index (χ3n) is 3.02. The fourth-order valence-corrected chi connectivity index (χ4v) is 2.05. The van der Waals surface area contributed by atoms with E-state index in [2.05, 4.69) is 5.32 Å². The van der Waals surface area contributed by atoms with Crippen molar-refractivity contribution in [3.05, 3.63) is 75.3 Å². The molecular weight excluding hydrogens is 272 g/mol. The minimum Gasteiger partial charge on any atom is -0.372 e. The molecule has 0 fully saturated rings. The monoisotopic (exact) mass is 286 g/mol. The van der Waals surface area contributed by atoms with E-state index in [1.54, 1.807) is 12.1 Å². The Hall–Kier alpha value is -2.27. The lowest BCUT2D eigenvalue weighted by Crippen LogP contribution is -2.22. The molecule has 0 unspecified atom stereocenters. The van der Waals surface area contributed by atoms with Gasteiger partial charge in [0, 0.05) is 24.2 Å². The summed E-state index contributed by atoms with van der Waals surface area (Å²) in [6.07, 6.45) is 0. The van der Waals surface area contributed by atoms with E-state index in [0.717, 1.165) is 5.56 Å². The minimum atomic E-state index is -0.423. The van der Waals surface area contributed by atoms with Gasteiger partial charge < -0.3 is 5.32 Å². The maximum Gasteiger partial charge on any atom is 0.270 e. The van der Waals surface area contributed by atoms with Gasteiger partial charge in [0.05, 0.1) is 4.92 Å². The van der Waals surface area contributed by atoms with Crippen LogP contribution >= 0.6 is 12.2 Å². The average molecular weight is 286 g/mol. The number of nitrogens with zero attached hydrogens (tertiary/aromatic N) is 1. The second kappa shape index (κ2) is 6.25. The van der Waals surface area contributed by atoms with E-state index in [4.69, 9.17) is 12.2 Å². The number of hydrogen-bond donors (Lipinski definition) is 1. The summed E-state index contributed by atoms with van der Waals surface area (Å²) in [6, 6.07) is 14.3. The lowest BCUT2D eigenvalue weighted by Gasteiger charge is -2.10. The Bertz CT molecular complexity index is 656. The zero-order chi connectivity index (χ0) is 14.5. The summed E-state index contributed by atoms with van der Waals surface area (Å²) in [5, 5.41) is 13.9. The van der Waals surface area contributed by atoms with E-state index in [9.17, 15) is 10.1 Å². The van der Waals surface area contributed by atoms with Crippen molar-refractivity contribution in [1.29, 1.82) is 0 Å². The van der Waals surface area contributed by atoms with Crippen LogP contribution in [-0.2, 0) is 6.54 Å². The number of hydrogen-bond acceptors (Lipinski definition) is 3. The van der Waals surface area contributed by atoms with Crippen LogP contribution < -0.4 is 5.32 Å². The van der Waals surface area contributed by atoms with Crippen LogP contribution in [0.15, 0.2) is 48.5 Å². The molecule has 5 heteroatoms. The molecule has 102 valence electrons. The van der Waals surface area contributed by atoms with Crippen LogP contribution in [0.1, 0.15) is 16.7 Å². The molecule has 0 atom stereocenters. The van der Waals surface area contributed by atoms with Crippen molar-refractivity contribution in [2.24, 2.45) is 0 Å². The summed E-state index contributed by atoms with van der Waals surface area (Å²) in [4.78, 5) is 10.8.